The molecule has 1 saturated carbocycles. The van der Waals surface area contributed by atoms with Crippen LogP contribution in [0, 0.1) is 17.8 Å². The Balaban J connectivity index is 1.88. The number of carbonyl (C=O) groups excluding carboxylic acids is 2. The largest absolute Gasteiger partial charge is 0.466 e. The summed E-state index contributed by atoms with van der Waals surface area (Å²) in [7, 11) is 0. The molecule has 2 fully saturated rings. The molecule has 3 unspecified atom stereocenters. The van der Waals surface area contributed by atoms with Gasteiger partial charge < -0.3 is 15.2 Å². The molecule has 1 aromatic rings. The molecule has 0 aromatic heterocycles. The molecule has 2 N–H and O–H groups in total. The fourth-order valence-corrected chi connectivity index (χ4v) is 4.97. The van der Waals surface area contributed by atoms with Crippen molar-refractivity contribution in [2.45, 2.75) is 84.1 Å². The number of hydroxylamine groups is 2. The molecule has 3 rings (SSSR count). The molecule has 7 heteroatoms. The average molecular weight is 461 g/mol. The topological polar surface area (TPSA) is 91.1 Å². The molecular formula is C26H40N2O5. The molecule has 4 atom stereocenters. The van der Waals surface area contributed by atoms with Crippen LogP contribution in [0.25, 0.3) is 0 Å². The minimum Gasteiger partial charge on any atom is -0.466 e. The summed E-state index contributed by atoms with van der Waals surface area (Å²) in [6.07, 6.45) is 4.63. The Morgan fingerprint density at radius 2 is 1.82 bits per heavy atom. The molecule has 7 nitrogen and oxygen atoms in total. The van der Waals surface area contributed by atoms with Crippen LogP contribution >= 0.6 is 0 Å². The van der Waals surface area contributed by atoms with Crippen molar-refractivity contribution in [3.05, 3.63) is 35.9 Å². The van der Waals surface area contributed by atoms with Gasteiger partial charge in [0.25, 0.3) is 0 Å². The number of hydrogen-bond donors (Lipinski definition) is 1. The van der Waals surface area contributed by atoms with Gasteiger partial charge in [-0.15, -0.1) is 0 Å². The summed E-state index contributed by atoms with van der Waals surface area (Å²) in [5.74, 6) is -1.92. The smallest absolute Gasteiger partial charge is 0.313 e. The first-order valence-electron chi connectivity index (χ1n) is 12.3. The lowest BCUT2D eigenvalue weighted by atomic mass is 9.75. The van der Waals surface area contributed by atoms with Gasteiger partial charge in [0.15, 0.2) is 0 Å². The van der Waals surface area contributed by atoms with Crippen molar-refractivity contribution in [3.63, 3.8) is 0 Å². The number of rotatable bonds is 8. The zero-order valence-electron chi connectivity index (χ0n) is 20.5. The monoisotopic (exact) mass is 460 g/mol. The van der Waals surface area contributed by atoms with Crippen molar-refractivity contribution < 1.29 is 23.9 Å². The Labute approximate surface area is 197 Å². The maximum atomic E-state index is 13.5. The van der Waals surface area contributed by atoms with Gasteiger partial charge in [0.2, 0.25) is 0 Å². The Hall–Kier alpha value is -1.96. The summed E-state index contributed by atoms with van der Waals surface area (Å²) in [4.78, 5) is 32.7. The lowest BCUT2D eigenvalue weighted by Gasteiger charge is -2.36. The Morgan fingerprint density at radius 1 is 1.15 bits per heavy atom. The SMILES string of the molecule is CCOC(=O)C1CN(Cc2ccccc2)OC1[C@@H](C(=O)OC(C)(C)C)C(N)C1CCCCC1. The third-order valence-corrected chi connectivity index (χ3v) is 6.50. The molecule has 0 radical (unpaired) electrons. The normalized spacial score (nSPS) is 24.3. The van der Waals surface area contributed by atoms with Crippen LogP contribution in [0.5, 0.6) is 0 Å². The van der Waals surface area contributed by atoms with Crippen LogP contribution in [0.3, 0.4) is 0 Å². The van der Waals surface area contributed by atoms with Crippen molar-refractivity contribution in [2.75, 3.05) is 13.2 Å². The molecule has 1 aromatic carbocycles. The minimum atomic E-state index is -0.748. The van der Waals surface area contributed by atoms with Gasteiger partial charge in [0.1, 0.15) is 23.5 Å². The number of nitrogens with zero attached hydrogens (tertiary/aromatic N) is 1. The first kappa shape index (κ1) is 25.7. The first-order chi connectivity index (χ1) is 15.7. The summed E-state index contributed by atoms with van der Waals surface area (Å²) in [5, 5.41) is 1.76. The molecule has 2 aliphatic rings. The standard InChI is InChI=1S/C26H40N2O5/c1-5-31-24(29)20-17-28(16-18-12-8-6-9-13-18)33-23(20)21(25(30)32-26(2,3)4)22(27)19-14-10-7-11-15-19/h6,8-9,12-13,19-23H,5,7,10-11,14-17,27H2,1-4H3/t20?,21-,22?,23?/m0/s1. The highest BCUT2D eigenvalue weighted by molar-refractivity contribution is 5.78. The zero-order chi connectivity index (χ0) is 24.0. The van der Waals surface area contributed by atoms with Crippen molar-refractivity contribution in [3.8, 4) is 0 Å². The second-order valence-electron chi connectivity index (χ2n) is 10.3. The van der Waals surface area contributed by atoms with Crippen LogP contribution in [-0.2, 0) is 30.4 Å². The van der Waals surface area contributed by atoms with E-state index >= 15 is 0 Å². The van der Waals surface area contributed by atoms with Crippen molar-refractivity contribution in [2.24, 2.45) is 23.5 Å². The maximum Gasteiger partial charge on any atom is 0.313 e. The second kappa shape index (κ2) is 11.4. The maximum absolute atomic E-state index is 13.5. The first-order valence-corrected chi connectivity index (χ1v) is 12.3. The predicted molar refractivity (Wildman–Crippen MR) is 126 cm³/mol. The molecule has 1 aliphatic heterocycles. The Bertz CT molecular complexity index is 773. The van der Waals surface area contributed by atoms with E-state index < -0.39 is 35.6 Å². The van der Waals surface area contributed by atoms with E-state index in [4.69, 9.17) is 20.0 Å². The highest BCUT2D eigenvalue weighted by Gasteiger charge is 2.51. The molecule has 0 bridgehead atoms. The van der Waals surface area contributed by atoms with Gasteiger partial charge in [-0.05, 0) is 52.0 Å². The van der Waals surface area contributed by atoms with Gasteiger partial charge in [0, 0.05) is 19.1 Å². The van der Waals surface area contributed by atoms with Crippen LogP contribution in [0.4, 0.5) is 0 Å². The van der Waals surface area contributed by atoms with Crippen LogP contribution < -0.4 is 5.73 Å². The van der Waals surface area contributed by atoms with E-state index in [9.17, 15) is 9.59 Å². The molecule has 1 saturated heterocycles. The van der Waals surface area contributed by atoms with E-state index in [0.29, 0.717) is 13.1 Å². The molecule has 0 amide bonds. The van der Waals surface area contributed by atoms with Gasteiger partial charge in [-0.25, -0.2) is 0 Å². The molecule has 33 heavy (non-hydrogen) atoms. The van der Waals surface area contributed by atoms with Crippen LogP contribution in [0.15, 0.2) is 30.3 Å². The lowest BCUT2D eigenvalue weighted by molar-refractivity contribution is -0.193. The zero-order valence-corrected chi connectivity index (χ0v) is 20.5. The Kier molecular flexibility index (Phi) is 8.90. The second-order valence-corrected chi connectivity index (χ2v) is 10.3. The molecule has 0 spiro atoms. The molecule has 1 heterocycles. The number of nitrogens with two attached hydrogens (primary N) is 1. The summed E-state index contributed by atoms with van der Waals surface area (Å²) in [5.41, 5.74) is 7.17. The number of benzene rings is 1. The molecule has 1 aliphatic carbocycles. The minimum absolute atomic E-state index is 0.200. The van der Waals surface area contributed by atoms with E-state index in [-0.39, 0.29) is 18.5 Å². The van der Waals surface area contributed by atoms with Crippen molar-refractivity contribution >= 4 is 11.9 Å². The highest BCUT2D eigenvalue weighted by Crippen LogP contribution is 2.37. The fraction of sp³-hybridized carbons (Fsp3) is 0.692. The summed E-state index contributed by atoms with van der Waals surface area (Å²) < 4.78 is 11.2. The molecular weight excluding hydrogens is 420 g/mol. The lowest BCUT2D eigenvalue weighted by Crippen LogP contribution is -2.52. The van der Waals surface area contributed by atoms with Gasteiger partial charge in [-0.1, -0.05) is 49.6 Å². The van der Waals surface area contributed by atoms with Crippen molar-refractivity contribution in [1.82, 2.24) is 5.06 Å². The quantitative estimate of drug-likeness (QED) is 0.589. The third kappa shape index (κ3) is 7.01. The third-order valence-electron chi connectivity index (χ3n) is 6.50. The van der Waals surface area contributed by atoms with Gasteiger partial charge >= 0.3 is 11.9 Å². The Morgan fingerprint density at radius 3 is 2.42 bits per heavy atom. The number of carbonyl (C=O) groups is 2. The number of esters is 2. The van der Waals surface area contributed by atoms with Gasteiger partial charge in [0.05, 0.1) is 6.61 Å². The number of ether oxygens (including phenoxy) is 2. The highest BCUT2D eigenvalue weighted by atomic mass is 16.7. The van der Waals surface area contributed by atoms with Crippen LogP contribution in [-0.4, -0.2) is 47.9 Å². The van der Waals surface area contributed by atoms with Gasteiger partial charge in [-0.2, -0.15) is 5.06 Å². The van der Waals surface area contributed by atoms with Gasteiger partial charge in [-0.3, -0.25) is 14.4 Å². The predicted octanol–water partition coefficient (Wildman–Crippen LogP) is 3.85. The van der Waals surface area contributed by atoms with E-state index in [1.165, 1.54) is 6.42 Å². The average Bonchev–Trinajstić information content (AvgIpc) is 3.17. The summed E-state index contributed by atoms with van der Waals surface area (Å²) in [6, 6.07) is 9.46. The van der Waals surface area contributed by atoms with E-state index in [1.54, 1.807) is 12.0 Å². The van der Waals surface area contributed by atoms with Crippen LogP contribution in [0.1, 0.15) is 65.4 Å². The van der Waals surface area contributed by atoms with E-state index in [1.807, 2.05) is 51.1 Å². The van der Waals surface area contributed by atoms with Crippen LogP contribution in [0.2, 0.25) is 0 Å². The molecule has 184 valence electrons. The van der Waals surface area contributed by atoms with E-state index in [2.05, 4.69) is 0 Å². The number of hydrogen-bond acceptors (Lipinski definition) is 7. The summed E-state index contributed by atoms with van der Waals surface area (Å²) >= 11 is 0. The van der Waals surface area contributed by atoms with Crippen molar-refractivity contribution in [1.29, 1.82) is 0 Å². The van der Waals surface area contributed by atoms with E-state index in [0.717, 1.165) is 31.2 Å². The summed E-state index contributed by atoms with van der Waals surface area (Å²) in [6.45, 7) is 8.43. The fourth-order valence-electron chi connectivity index (χ4n) is 4.97.